The minimum Gasteiger partial charge on any atom is -0.310 e. The molecular formula is C13H13F2N3. The Bertz CT molecular complexity index is 561. The number of halogens is 2. The van der Waals surface area contributed by atoms with Crippen LogP contribution in [-0.4, -0.2) is 16.2 Å². The predicted octanol–water partition coefficient (Wildman–Crippen LogP) is 2.61. The van der Waals surface area contributed by atoms with Gasteiger partial charge < -0.3 is 5.32 Å². The van der Waals surface area contributed by atoms with Gasteiger partial charge in [0.05, 0.1) is 11.9 Å². The Balaban J connectivity index is 1.90. The molecule has 1 aromatic heterocycles. The highest BCUT2D eigenvalue weighted by atomic mass is 19.2. The Labute approximate surface area is 103 Å². The Morgan fingerprint density at radius 3 is 2.94 bits per heavy atom. The van der Waals surface area contributed by atoms with Gasteiger partial charge in [0.15, 0.2) is 11.6 Å². The van der Waals surface area contributed by atoms with Gasteiger partial charge in [0, 0.05) is 23.7 Å². The van der Waals surface area contributed by atoms with Gasteiger partial charge in [-0.1, -0.05) is 6.07 Å². The zero-order valence-electron chi connectivity index (χ0n) is 9.71. The van der Waals surface area contributed by atoms with Crippen LogP contribution in [0.4, 0.5) is 8.78 Å². The molecule has 0 unspecified atom stereocenters. The van der Waals surface area contributed by atoms with E-state index in [1.54, 1.807) is 12.3 Å². The fourth-order valence-corrected chi connectivity index (χ4v) is 1.92. The number of hydrogen-bond acceptors (Lipinski definition) is 2. The summed E-state index contributed by atoms with van der Waals surface area (Å²) in [4.78, 5) is 0. The van der Waals surface area contributed by atoms with Crippen LogP contribution in [0.3, 0.4) is 0 Å². The summed E-state index contributed by atoms with van der Waals surface area (Å²) in [6.45, 7) is 0.618. The Morgan fingerprint density at radius 1 is 1.33 bits per heavy atom. The molecule has 0 atom stereocenters. The van der Waals surface area contributed by atoms with Crippen LogP contribution in [0.15, 0.2) is 24.4 Å². The van der Waals surface area contributed by atoms with E-state index in [0.717, 1.165) is 11.6 Å². The molecule has 3 rings (SSSR count). The van der Waals surface area contributed by atoms with E-state index < -0.39 is 11.6 Å². The Morgan fingerprint density at radius 2 is 2.17 bits per heavy atom. The van der Waals surface area contributed by atoms with Crippen LogP contribution in [0.2, 0.25) is 0 Å². The number of hydrogen-bond donors (Lipinski definition) is 2. The summed E-state index contributed by atoms with van der Waals surface area (Å²) in [6.07, 6.45) is 4.01. The number of nitrogens with one attached hydrogen (secondary N) is 2. The second kappa shape index (κ2) is 4.49. The van der Waals surface area contributed by atoms with Crippen LogP contribution in [0, 0.1) is 11.6 Å². The third-order valence-electron chi connectivity index (χ3n) is 3.10. The summed E-state index contributed by atoms with van der Waals surface area (Å²) in [6, 6.07) is 4.71. The molecule has 1 fully saturated rings. The third-order valence-corrected chi connectivity index (χ3v) is 3.10. The van der Waals surface area contributed by atoms with E-state index in [2.05, 4.69) is 15.5 Å². The summed E-state index contributed by atoms with van der Waals surface area (Å²) in [5.41, 5.74) is 1.62. The summed E-state index contributed by atoms with van der Waals surface area (Å²) in [5, 5.41) is 9.98. The highest BCUT2D eigenvalue weighted by molar-refractivity contribution is 5.63. The molecule has 0 spiro atoms. The quantitative estimate of drug-likeness (QED) is 0.874. The van der Waals surface area contributed by atoms with Crippen molar-refractivity contribution in [1.82, 2.24) is 15.5 Å². The molecule has 0 saturated heterocycles. The van der Waals surface area contributed by atoms with Crippen molar-refractivity contribution in [1.29, 1.82) is 0 Å². The number of aromatic nitrogens is 2. The molecule has 2 aromatic rings. The lowest BCUT2D eigenvalue weighted by Gasteiger charge is -2.06. The first kappa shape index (κ1) is 11.3. The molecule has 5 heteroatoms. The summed E-state index contributed by atoms with van der Waals surface area (Å²) in [7, 11) is 0. The van der Waals surface area contributed by atoms with Crippen molar-refractivity contribution in [3.8, 4) is 11.3 Å². The average molecular weight is 249 g/mol. The second-order valence-corrected chi connectivity index (χ2v) is 4.53. The molecule has 0 amide bonds. The van der Waals surface area contributed by atoms with Crippen LogP contribution in [-0.2, 0) is 6.54 Å². The van der Waals surface area contributed by atoms with Gasteiger partial charge in [-0.15, -0.1) is 0 Å². The molecule has 0 bridgehead atoms. The zero-order valence-corrected chi connectivity index (χ0v) is 9.71. The molecule has 1 saturated carbocycles. The average Bonchev–Trinajstić information content (AvgIpc) is 3.08. The first-order valence-electron chi connectivity index (χ1n) is 5.95. The van der Waals surface area contributed by atoms with Gasteiger partial charge in [0.2, 0.25) is 0 Å². The van der Waals surface area contributed by atoms with E-state index in [9.17, 15) is 8.78 Å². The normalized spacial score (nSPS) is 15.0. The first-order valence-corrected chi connectivity index (χ1v) is 5.95. The van der Waals surface area contributed by atoms with E-state index in [1.807, 2.05) is 0 Å². The molecule has 3 nitrogen and oxygen atoms in total. The summed E-state index contributed by atoms with van der Waals surface area (Å²) in [5.74, 6) is -1.68. The Kier molecular flexibility index (Phi) is 2.83. The number of rotatable bonds is 4. The van der Waals surface area contributed by atoms with Gasteiger partial charge in [-0.25, -0.2) is 8.78 Å². The maximum atomic E-state index is 13.7. The largest absolute Gasteiger partial charge is 0.310 e. The lowest BCUT2D eigenvalue weighted by molar-refractivity contribution is 0.510. The van der Waals surface area contributed by atoms with Crippen molar-refractivity contribution < 1.29 is 8.78 Å². The maximum absolute atomic E-state index is 13.7. The number of nitrogens with zero attached hydrogens (tertiary/aromatic N) is 1. The molecular weight excluding hydrogens is 236 g/mol. The molecule has 0 radical (unpaired) electrons. The van der Waals surface area contributed by atoms with E-state index in [0.29, 0.717) is 18.3 Å². The van der Waals surface area contributed by atoms with Gasteiger partial charge in [0.1, 0.15) is 0 Å². The van der Waals surface area contributed by atoms with Gasteiger partial charge in [-0.05, 0) is 25.0 Å². The fourth-order valence-electron chi connectivity index (χ4n) is 1.92. The van der Waals surface area contributed by atoms with Crippen LogP contribution < -0.4 is 5.32 Å². The predicted molar refractivity (Wildman–Crippen MR) is 63.8 cm³/mol. The minimum atomic E-state index is -0.844. The monoisotopic (exact) mass is 249 g/mol. The smallest absolute Gasteiger partial charge is 0.168 e. The van der Waals surface area contributed by atoms with Crippen molar-refractivity contribution in [3.05, 3.63) is 41.6 Å². The van der Waals surface area contributed by atoms with Crippen LogP contribution in [0.25, 0.3) is 11.3 Å². The molecule has 1 heterocycles. The van der Waals surface area contributed by atoms with Crippen molar-refractivity contribution in [2.24, 2.45) is 0 Å². The van der Waals surface area contributed by atoms with E-state index in [1.165, 1.54) is 18.9 Å². The number of aromatic amines is 1. The van der Waals surface area contributed by atoms with Gasteiger partial charge in [-0.3, -0.25) is 5.10 Å². The summed E-state index contributed by atoms with van der Waals surface area (Å²) < 4.78 is 26.9. The number of H-pyrrole nitrogens is 1. The number of benzene rings is 1. The van der Waals surface area contributed by atoms with Crippen LogP contribution in [0.5, 0.6) is 0 Å². The van der Waals surface area contributed by atoms with Crippen molar-refractivity contribution in [3.63, 3.8) is 0 Å². The van der Waals surface area contributed by atoms with Gasteiger partial charge in [0.25, 0.3) is 0 Å². The third kappa shape index (κ3) is 2.13. The molecule has 1 aliphatic rings. The highest BCUT2D eigenvalue weighted by Crippen LogP contribution is 2.26. The summed E-state index contributed by atoms with van der Waals surface area (Å²) >= 11 is 0. The lowest BCUT2D eigenvalue weighted by Crippen LogP contribution is -2.15. The van der Waals surface area contributed by atoms with Crippen molar-refractivity contribution in [2.75, 3.05) is 0 Å². The topological polar surface area (TPSA) is 40.7 Å². The van der Waals surface area contributed by atoms with Gasteiger partial charge in [-0.2, -0.15) is 5.10 Å². The van der Waals surface area contributed by atoms with E-state index in [4.69, 9.17) is 0 Å². The molecule has 18 heavy (non-hydrogen) atoms. The molecule has 1 aliphatic carbocycles. The first-order chi connectivity index (χ1) is 8.75. The SMILES string of the molecule is Fc1cccc(-c2[nH]ncc2CNC2CC2)c1F. The van der Waals surface area contributed by atoms with Crippen molar-refractivity contribution in [2.45, 2.75) is 25.4 Å². The lowest BCUT2D eigenvalue weighted by atomic mass is 10.1. The Hall–Kier alpha value is -1.75. The van der Waals surface area contributed by atoms with E-state index >= 15 is 0 Å². The minimum absolute atomic E-state index is 0.222. The van der Waals surface area contributed by atoms with E-state index in [-0.39, 0.29) is 5.56 Å². The zero-order chi connectivity index (χ0) is 12.5. The van der Waals surface area contributed by atoms with Gasteiger partial charge >= 0.3 is 0 Å². The maximum Gasteiger partial charge on any atom is 0.168 e. The fraction of sp³-hybridized carbons (Fsp3) is 0.308. The molecule has 94 valence electrons. The standard InChI is InChI=1S/C13H13F2N3/c14-11-3-1-2-10(12(11)15)13-8(7-17-18-13)6-16-9-4-5-9/h1-3,7,9,16H,4-6H2,(H,17,18). The second-order valence-electron chi connectivity index (χ2n) is 4.53. The van der Waals surface area contributed by atoms with Crippen LogP contribution >= 0.6 is 0 Å². The molecule has 0 aliphatic heterocycles. The molecule has 2 N–H and O–H groups in total. The van der Waals surface area contributed by atoms with Crippen LogP contribution in [0.1, 0.15) is 18.4 Å². The molecule has 1 aromatic carbocycles. The highest BCUT2D eigenvalue weighted by Gasteiger charge is 2.21. The van der Waals surface area contributed by atoms with Crippen molar-refractivity contribution >= 4 is 0 Å².